The molecule has 1 aromatic rings. The Labute approximate surface area is 101 Å². The van der Waals surface area contributed by atoms with Gasteiger partial charge >= 0.3 is 0 Å². The van der Waals surface area contributed by atoms with Gasteiger partial charge in [0.05, 0.1) is 6.10 Å². The fraction of sp³-hybridized carbons (Fsp3) is 0.500. The number of carbonyl (C=O) groups is 1. The van der Waals surface area contributed by atoms with Crippen LogP contribution in [-0.2, 0) is 0 Å². The number of aliphatic hydroxyl groups excluding tert-OH is 1. The molecule has 0 saturated carbocycles. The van der Waals surface area contributed by atoms with Crippen LogP contribution >= 0.6 is 0 Å². The van der Waals surface area contributed by atoms with Crippen molar-refractivity contribution in [3.8, 4) is 0 Å². The summed E-state index contributed by atoms with van der Waals surface area (Å²) in [5, 5.41) is 12.1. The van der Waals surface area contributed by atoms with Crippen molar-refractivity contribution in [3.05, 3.63) is 23.9 Å². The molecule has 0 aromatic carbocycles. The number of aromatic nitrogens is 1. The molecule has 1 aromatic heterocycles. The zero-order valence-electron chi connectivity index (χ0n) is 10.5. The van der Waals surface area contributed by atoms with E-state index >= 15 is 0 Å². The zero-order chi connectivity index (χ0) is 12.8. The Bertz CT molecular complexity index is 380. The molecule has 0 aliphatic heterocycles. The van der Waals surface area contributed by atoms with Crippen LogP contribution in [0.1, 0.15) is 23.8 Å². The van der Waals surface area contributed by atoms with Gasteiger partial charge in [-0.2, -0.15) is 0 Å². The lowest BCUT2D eigenvalue weighted by atomic mass is 10.2. The van der Waals surface area contributed by atoms with Gasteiger partial charge in [0.1, 0.15) is 11.5 Å². The monoisotopic (exact) mass is 237 g/mol. The molecule has 0 saturated heterocycles. The lowest BCUT2D eigenvalue weighted by Gasteiger charge is -2.17. The van der Waals surface area contributed by atoms with Gasteiger partial charge in [0.25, 0.3) is 5.91 Å². The van der Waals surface area contributed by atoms with Crippen LogP contribution in [-0.4, -0.2) is 47.6 Å². The standard InChI is InChI=1S/C12H19N3O2/c1-9(16)7-8-15(3)12(17)10-5-4-6-11(13-2)14-10/h4-6,9,16H,7-8H2,1-3H3,(H,13,14). The molecule has 0 aliphatic rings. The molecule has 0 aliphatic carbocycles. The van der Waals surface area contributed by atoms with Gasteiger partial charge in [0.2, 0.25) is 0 Å². The topological polar surface area (TPSA) is 65.5 Å². The lowest BCUT2D eigenvalue weighted by molar-refractivity contribution is 0.0763. The largest absolute Gasteiger partial charge is 0.393 e. The number of rotatable bonds is 5. The number of hydrogen-bond donors (Lipinski definition) is 2. The number of amides is 1. The molecule has 5 nitrogen and oxygen atoms in total. The van der Waals surface area contributed by atoms with Crippen LogP contribution in [0.2, 0.25) is 0 Å². The summed E-state index contributed by atoms with van der Waals surface area (Å²) in [5.41, 5.74) is 0.407. The van der Waals surface area contributed by atoms with Crippen molar-refractivity contribution in [1.29, 1.82) is 0 Å². The number of aliphatic hydroxyl groups is 1. The number of anilines is 1. The average Bonchev–Trinajstić information content (AvgIpc) is 2.35. The second-order valence-electron chi connectivity index (χ2n) is 4.02. The minimum atomic E-state index is -0.401. The van der Waals surface area contributed by atoms with Gasteiger partial charge in [-0.15, -0.1) is 0 Å². The minimum Gasteiger partial charge on any atom is -0.393 e. The quantitative estimate of drug-likeness (QED) is 0.800. The van der Waals surface area contributed by atoms with Crippen LogP contribution in [0.25, 0.3) is 0 Å². The molecule has 1 atom stereocenters. The molecular formula is C12H19N3O2. The molecule has 0 radical (unpaired) electrons. The third-order valence-electron chi connectivity index (χ3n) is 2.45. The average molecular weight is 237 g/mol. The third kappa shape index (κ3) is 4.03. The van der Waals surface area contributed by atoms with E-state index in [1.54, 1.807) is 44.1 Å². The summed E-state index contributed by atoms with van der Waals surface area (Å²) in [6.07, 6.45) is 0.162. The van der Waals surface area contributed by atoms with Crippen molar-refractivity contribution in [2.45, 2.75) is 19.4 Å². The highest BCUT2D eigenvalue weighted by molar-refractivity contribution is 5.92. The van der Waals surface area contributed by atoms with Crippen molar-refractivity contribution < 1.29 is 9.90 Å². The fourth-order valence-corrected chi connectivity index (χ4v) is 1.37. The maximum absolute atomic E-state index is 12.0. The number of pyridine rings is 1. The van der Waals surface area contributed by atoms with Gasteiger partial charge in [-0.3, -0.25) is 4.79 Å². The molecule has 0 spiro atoms. The number of hydrogen-bond acceptors (Lipinski definition) is 4. The maximum Gasteiger partial charge on any atom is 0.272 e. The summed E-state index contributed by atoms with van der Waals surface area (Å²) < 4.78 is 0. The van der Waals surface area contributed by atoms with Crippen LogP contribution in [0.15, 0.2) is 18.2 Å². The first-order chi connectivity index (χ1) is 8.04. The second-order valence-corrected chi connectivity index (χ2v) is 4.02. The summed E-state index contributed by atoms with van der Waals surface area (Å²) in [7, 11) is 3.46. The van der Waals surface area contributed by atoms with E-state index in [9.17, 15) is 9.90 Å². The minimum absolute atomic E-state index is 0.136. The Morgan fingerprint density at radius 2 is 2.29 bits per heavy atom. The van der Waals surface area contributed by atoms with Crippen LogP contribution in [0, 0.1) is 0 Å². The fourth-order valence-electron chi connectivity index (χ4n) is 1.37. The van der Waals surface area contributed by atoms with E-state index in [1.807, 2.05) is 0 Å². The maximum atomic E-state index is 12.0. The van der Waals surface area contributed by atoms with E-state index < -0.39 is 6.10 Å². The molecule has 5 heteroatoms. The lowest BCUT2D eigenvalue weighted by Crippen LogP contribution is -2.30. The van der Waals surface area contributed by atoms with Gasteiger partial charge in [-0.25, -0.2) is 4.98 Å². The smallest absolute Gasteiger partial charge is 0.272 e. The van der Waals surface area contributed by atoms with Gasteiger partial charge in [0.15, 0.2) is 0 Å². The van der Waals surface area contributed by atoms with Crippen molar-refractivity contribution >= 4 is 11.7 Å². The zero-order valence-corrected chi connectivity index (χ0v) is 10.5. The molecule has 1 heterocycles. The Balaban J connectivity index is 2.67. The van der Waals surface area contributed by atoms with Gasteiger partial charge < -0.3 is 15.3 Å². The molecule has 94 valence electrons. The van der Waals surface area contributed by atoms with Crippen LogP contribution in [0.5, 0.6) is 0 Å². The van der Waals surface area contributed by atoms with Crippen LogP contribution in [0.4, 0.5) is 5.82 Å². The number of nitrogens with one attached hydrogen (secondary N) is 1. The van der Waals surface area contributed by atoms with Crippen molar-refractivity contribution in [2.75, 3.05) is 26.0 Å². The predicted molar refractivity (Wildman–Crippen MR) is 67.0 cm³/mol. The molecule has 1 amide bonds. The van der Waals surface area contributed by atoms with Gasteiger partial charge in [0, 0.05) is 20.6 Å². The summed E-state index contributed by atoms with van der Waals surface area (Å²) in [6.45, 7) is 2.22. The number of nitrogens with zero attached hydrogens (tertiary/aromatic N) is 2. The molecule has 1 rings (SSSR count). The van der Waals surface area contributed by atoms with E-state index in [2.05, 4.69) is 10.3 Å². The normalized spacial score (nSPS) is 12.0. The van der Waals surface area contributed by atoms with E-state index in [0.717, 1.165) is 0 Å². The van der Waals surface area contributed by atoms with Crippen molar-refractivity contribution in [1.82, 2.24) is 9.88 Å². The second kappa shape index (κ2) is 6.20. The summed E-state index contributed by atoms with van der Waals surface area (Å²) in [6, 6.07) is 5.27. The van der Waals surface area contributed by atoms with E-state index in [1.165, 1.54) is 0 Å². The number of carbonyl (C=O) groups excluding carboxylic acids is 1. The molecule has 0 bridgehead atoms. The Morgan fingerprint density at radius 1 is 1.59 bits per heavy atom. The first-order valence-electron chi connectivity index (χ1n) is 5.63. The SMILES string of the molecule is CNc1cccc(C(=O)N(C)CCC(C)O)n1. The van der Waals surface area contributed by atoms with E-state index in [4.69, 9.17) is 0 Å². The molecule has 17 heavy (non-hydrogen) atoms. The molecule has 0 fully saturated rings. The predicted octanol–water partition coefficient (Wildman–Crippen LogP) is 0.966. The first kappa shape index (κ1) is 13.4. The van der Waals surface area contributed by atoms with E-state index in [0.29, 0.717) is 24.5 Å². The summed E-state index contributed by atoms with van der Waals surface area (Å²) >= 11 is 0. The van der Waals surface area contributed by atoms with Gasteiger partial charge in [-0.05, 0) is 25.5 Å². The highest BCUT2D eigenvalue weighted by Crippen LogP contribution is 2.06. The highest BCUT2D eigenvalue weighted by atomic mass is 16.3. The van der Waals surface area contributed by atoms with Crippen molar-refractivity contribution in [3.63, 3.8) is 0 Å². The Morgan fingerprint density at radius 3 is 2.88 bits per heavy atom. The summed E-state index contributed by atoms with van der Waals surface area (Å²) in [4.78, 5) is 17.7. The molecule has 2 N–H and O–H groups in total. The van der Waals surface area contributed by atoms with Crippen molar-refractivity contribution in [2.24, 2.45) is 0 Å². The van der Waals surface area contributed by atoms with Crippen LogP contribution < -0.4 is 5.32 Å². The molecule has 1 unspecified atom stereocenters. The Hall–Kier alpha value is -1.62. The highest BCUT2D eigenvalue weighted by Gasteiger charge is 2.13. The van der Waals surface area contributed by atoms with Crippen LogP contribution in [0.3, 0.4) is 0 Å². The Kier molecular flexibility index (Phi) is 4.90. The third-order valence-corrected chi connectivity index (χ3v) is 2.45. The first-order valence-corrected chi connectivity index (χ1v) is 5.63. The van der Waals surface area contributed by atoms with E-state index in [-0.39, 0.29) is 5.91 Å². The molecular weight excluding hydrogens is 218 g/mol. The summed E-state index contributed by atoms with van der Waals surface area (Å²) in [5.74, 6) is 0.530. The van der Waals surface area contributed by atoms with Gasteiger partial charge in [-0.1, -0.05) is 6.07 Å².